The van der Waals surface area contributed by atoms with Crippen LogP contribution in [0.25, 0.3) is 0 Å². The van der Waals surface area contributed by atoms with Gasteiger partial charge in [-0.05, 0) is 12.3 Å². The number of unbranched alkanes of at least 4 members (excludes halogenated alkanes) is 4. The maximum atomic E-state index is 10.5. The van der Waals surface area contributed by atoms with Crippen LogP contribution in [0.4, 0.5) is 0 Å². The molecule has 0 fully saturated rings. The van der Waals surface area contributed by atoms with E-state index in [2.05, 4.69) is 13.5 Å². The molecule has 1 atom stereocenters. The summed E-state index contributed by atoms with van der Waals surface area (Å²) >= 11 is 0. The zero-order chi connectivity index (χ0) is 10.8. The molecule has 2 nitrogen and oxygen atoms in total. The second-order valence-corrected chi connectivity index (χ2v) is 3.80. The van der Waals surface area contributed by atoms with Gasteiger partial charge in [0, 0.05) is 0 Å². The second-order valence-electron chi connectivity index (χ2n) is 3.80. The van der Waals surface area contributed by atoms with E-state index in [0.29, 0.717) is 0 Å². The Labute approximate surface area is 87.0 Å². The fourth-order valence-electron chi connectivity index (χ4n) is 1.54. The van der Waals surface area contributed by atoms with Gasteiger partial charge in [-0.1, -0.05) is 45.1 Å². The monoisotopic (exact) mass is 198 g/mol. The second kappa shape index (κ2) is 8.79. The summed E-state index contributed by atoms with van der Waals surface area (Å²) in [6.07, 6.45) is 9.14. The molecule has 0 aliphatic heterocycles. The largest absolute Gasteiger partial charge is 0.481 e. The minimum Gasteiger partial charge on any atom is -0.481 e. The lowest BCUT2D eigenvalue weighted by atomic mass is 9.97. The van der Waals surface area contributed by atoms with Crippen LogP contribution in [0.3, 0.4) is 0 Å². The van der Waals surface area contributed by atoms with Gasteiger partial charge in [0.1, 0.15) is 0 Å². The van der Waals surface area contributed by atoms with Crippen molar-refractivity contribution >= 4 is 5.97 Å². The molecule has 0 aromatic heterocycles. The van der Waals surface area contributed by atoms with Crippen LogP contribution in [-0.2, 0) is 4.79 Å². The van der Waals surface area contributed by atoms with Crippen LogP contribution in [-0.4, -0.2) is 11.1 Å². The Bertz CT molecular complexity index is 164. The molecule has 0 spiro atoms. The van der Waals surface area contributed by atoms with Gasteiger partial charge in [0.2, 0.25) is 0 Å². The lowest BCUT2D eigenvalue weighted by molar-refractivity contribution is -0.137. The third-order valence-corrected chi connectivity index (χ3v) is 2.45. The molecule has 0 bridgehead atoms. The van der Waals surface area contributed by atoms with E-state index in [1.54, 1.807) is 6.08 Å². The van der Waals surface area contributed by atoms with Crippen molar-refractivity contribution < 1.29 is 9.90 Å². The van der Waals surface area contributed by atoms with Gasteiger partial charge >= 0.3 is 5.97 Å². The number of allylic oxidation sites excluding steroid dienone is 1. The Morgan fingerprint density at radius 2 is 2.00 bits per heavy atom. The van der Waals surface area contributed by atoms with E-state index in [4.69, 9.17) is 5.11 Å². The fourth-order valence-corrected chi connectivity index (χ4v) is 1.54. The summed E-state index contributed by atoms with van der Waals surface area (Å²) in [6, 6.07) is 0. The molecule has 0 saturated carbocycles. The van der Waals surface area contributed by atoms with Gasteiger partial charge in [-0.25, -0.2) is 0 Å². The average molecular weight is 198 g/mol. The predicted molar refractivity (Wildman–Crippen MR) is 59.3 cm³/mol. The highest BCUT2D eigenvalue weighted by Gasteiger charge is 2.08. The smallest absolute Gasteiger partial charge is 0.303 e. The first kappa shape index (κ1) is 13.2. The highest BCUT2D eigenvalue weighted by atomic mass is 16.4. The minimum atomic E-state index is -0.719. The Hall–Kier alpha value is -0.790. The lowest BCUT2D eigenvalue weighted by Gasteiger charge is -2.08. The number of aliphatic carboxylic acids is 1. The molecule has 0 saturated heterocycles. The van der Waals surface area contributed by atoms with Crippen LogP contribution in [0.15, 0.2) is 12.7 Å². The van der Waals surface area contributed by atoms with Crippen molar-refractivity contribution in [2.75, 3.05) is 0 Å². The van der Waals surface area contributed by atoms with Gasteiger partial charge in [0.05, 0.1) is 6.42 Å². The van der Waals surface area contributed by atoms with Crippen molar-refractivity contribution in [3.05, 3.63) is 12.7 Å². The maximum absolute atomic E-state index is 10.5. The van der Waals surface area contributed by atoms with Crippen LogP contribution in [0, 0.1) is 5.92 Å². The Morgan fingerprint density at radius 1 is 1.36 bits per heavy atom. The summed E-state index contributed by atoms with van der Waals surface area (Å²) in [5, 5.41) is 8.61. The van der Waals surface area contributed by atoms with Crippen LogP contribution in [0.2, 0.25) is 0 Å². The molecule has 0 amide bonds. The number of rotatable bonds is 9. The van der Waals surface area contributed by atoms with Gasteiger partial charge in [-0.2, -0.15) is 0 Å². The molecule has 0 aliphatic rings. The summed E-state index contributed by atoms with van der Waals surface area (Å²) in [6.45, 7) is 5.86. The molecule has 1 unspecified atom stereocenters. The molecule has 1 N–H and O–H groups in total. The van der Waals surface area contributed by atoms with E-state index in [0.717, 1.165) is 12.8 Å². The van der Waals surface area contributed by atoms with Crippen LogP contribution >= 0.6 is 0 Å². The van der Waals surface area contributed by atoms with Crippen LogP contribution in [0.1, 0.15) is 51.9 Å². The van der Waals surface area contributed by atoms with Crippen molar-refractivity contribution in [1.29, 1.82) is 0 Å². The highest BCUT2D eigenvalue weighted by Crippen LogP contribution is 2.15. The topological polar surface area (TPSA) is 37.3 Å². The minimum absolute atomic E-state index is 0.161. The number of carboxylic acids is 1. The van der Waals surface area contributed by atoms with Crippen LogP contribution < -0.4 is 0 Å². The Kier molecular flexibility index (Phi) is 8.30. The fraction of sp³-hybridized carbons (Fsp3) is 0.750. The van der Waals surface area contributed by atoms with E-state index < -0.39 is 5.97 Å². The third kappa shape index (κ3) is 7.84. The van der Waals surface area contributed by atoms with Crippen LogP contribution in [0.5, 0.6) is 0 Å². The normalized spacial score (nSPS) is 12.4. The van der Waals surface area contributed by atoms with Crippen molar-refractivity contribution in [2.45, 2.75) is 51.9 Å². The summed E-state index contributed by atoms with van der Waals surface area (Å²) in [4.78, 5) is 10.5. The summed E-state index contributed by atoms with van der Waals surface area (Å²) in [5.41, 5.74) is 0. The summed E-state index contributed by atoms with van der Waals surface area (Å²) in [7, 11) is 0. The van der Waals surface area contributed by atoms with E-state index in [9.17, 15) is 4.79 Å². The summed E-state index contributed by atoms with van der Waals surface area (Å²) < 4.78 is 0. The van der Waals surface area contributed by atoms with Gasteiger partial charge in [0.15, 0.2) is 0 Å². The van der Waals surface area contributed by atoms with Gasteiger partial charge in [-0.15, -0.1) is 6.58 Å². The third-order valence-electron chi connectivity index (χ3n) is 2.45. The van der Waals surface area contributed by atoms with Crippen molar-refractivity contribution in [3.63, 3.8) is 0 Å². The molecule has 14 heavy (non-hydrogen) atoms. The quantitative estimate of drug-likeness (QED) is 0.454. The number of hydrogen-bond donors (Lipinski definition) is 1. The van der Waals surface area contributed by atoms with Crippen molar-refractivity contribution in [2.24, 2.45) is 5.92 Å². The first-order valence-corrected chi connectivity index (χ1v) is 5.55. The Balaban J connectivity index is 3.43. The zero-order valence-electron chi connectivity index (χ0n) is 9.17. The average Bonchev–Trinajstić information content (AvgIpc) is 2.15. The molecule has 0 radical (unpaired) electrons. The first-order valence-electron chi connectivity index (χ1n) is 5.55. The maximum Gasteiger partial charge on any atom is 0.303 e. The molecule has 0 aromatic rings. The van der Waals surface area contributed by atoms with Crippen molar-refractivity contribution in [1.82, 2.24) is 0 Å². The van der Waals surface area contributed by atoms with Gasteiger partial charge in [-0.3, -0.25) is 4.79 Å². The van der Waals surface area contributed by atoms with E-state index >= 15 is 0 Å². The molecule has 0 aliphatic carbocycles. The van der Waals surface area contributed by atoms with E-state index in [-0.39, 0.29) is 12.3 Å². The first-order chi connectivity index (χ1) is 6.70. The number of carboxylic acid groups (broad SMARTS) is 1. The molecular formula is C12H22O2. The molecule has 2 heteroatoms. The summed E-state index contributed by atoms with van der Waals surface area (Å²) in [5.74, 6) is -0.558. The van der Waals surface area contributed by atoms with Gasteiger partial charge < -0.3 is 5.11 Å². The van der Waals surface area contributed by atoms with Crippen molar-refractivity contribution in [3.8, 4) is 0 Å². The number of carbonyl (C=O) groups is 1. The van der Waals surface area contributed by atoms with Gasteiger partial charge in [0.25, 0.3) is 0 Å². The zero-order valence-corrected chi connectivity index (χ0v) is 9.17. The predicted octanol–water partition coefficient (Wildman–Crippen LogP) is 3.62. The standard InChI is InChI=1S/C12H22O2/c1-3-5-6-7-8-9-11(4-2)10-12(13)14/h4,11H,2-3,5-10H2,1H3,(H,13,14). The van der Waals surface area contributed by atoms with E-state index in [1.165, 1.54) is 25.7 Å². The SMILES string of the molecule is C=CC(CCCCCCC)CC(=O)O. The molecule has 0 aromatic carbocycles. The highest BCUT2D eigenvalue weighted by molar-refractivity contribution is 5.67. The lowest BCUT2D eigenvalue weighted by Crippen LogP contribution is -2.05. The molecule has 82 valence electrons. The molecule has 0 heterocycles. The number of hydrogen-bond acceptors (Lipinski definition) is 1. The molecular weight excluding hydrogens is 176 g/mol. The molecule has 0 rings (SSSR count). The van der Waals surface area contributed by atoms with E-state index in [1.807, 2.05) is 0 Å². The Morgan fingerprint density at radius 3 is 2.50 bits per heavy atom.